The van der Waals surface area contributed by atoms with Crippen molar-refractivity contribution in [1.82, 2.24) is 0 Å². The van der Waals surface area contributed by atoms with Gasteiger partial charge in [0.05, 0.1) is 0 Å². The molecule has 0 fully saturated rings. The van der Waals surface area contributed by atoms with Gasteiger partial charge in [-0.15, -0.1) is 0 Å². The van der Waals surface area contributed by atoms with Crippen molar-refractivity contribution >= 4 is 17.9 Å². The van der Waals surface area contributed by atoms with Crippen molar-refractivity contribution in [3.63, 3.8) is 0 Å². The summed E-state index contributed by atoms with van der Waals surface area (Å²) in [7, 11) is 0. The van der Waals surface area contributed by atoms with E-state index >= 15 is 0 Å². The maximum atomic E-state index is 10.7. The minimum Gasteiger partial charge on any atom is -0.434 e. The summed E-state index contributed by atoms with van der Waals surface area (Å²) in [4.78, 5) is 14.6. The molecule has 14 heavy (non-hydrogen) atoms. The summed E-state index contributed by atoms with van der Waals surface area (Å²) in [5.41, 5.74) is 1.11. The molecular weight excluding hydrogens is 184 g/mol. The Labute approximate surface area is 81.8 Å². The summed E-state index contributed by atoms with van der Waals surface area (Å²) in [6.07, 6.45) is 3.16. The standard InChI is InChI=1S/C9H12N2O3/c1-3-7-4-5-10-9(8(7)11-13)14-6(2)12/h4-5,9,13H,3H2,1-2H3. The summed E-state index contributed by atoms with van der Waals surface area (Å²) in [5, 5.41) is 11.8. The molecule has 1 aliphatic rings. The third-order valence-electron chi connectivity index (χ3n) is 1.83. The molecule has 1 aliphatic heterocycles. The number of hydrogen-bond donors (Lipinski definition) is 1. The molecule has 1 heterocycles. The van der Waals surface area contributed by atoms with Gasteiger partial charge in [-0.25, -0.2) is 4.99 Å². The van der Waals surface area contributed by atoms with E-state index in [0.717, 1.165) is 5.57 Å². The minimum absolute atomic E-state index is 0.296. The molecule has 1 unspecified atom stereocenters. The van der Waals surface area contributed by atoms with Gasteiger partial charge in [0.1, 0.15) is 5.71 Å². The second kappa shape index (κ2) is 4.55. The molecule has 5 nitrogen and oxygen atoms in total. The van der Waals surface area contributed by atoms with Gasteiger partial charge in [0.15, 0.2) is 0 Å². The number of allylic oxidation sites excluding steroid dienone is 1. The first-order chi connectivity index (χ1) is 6.69. The average Bonchev–Trinajstić information content (AvgIpc) is 2.16. The Morgan fingerprint density at radius 1 is 1.79 bits per heavy atom. The molecule has 0 radical (unpaired) electrons. The van der Waals surface area contributed by atoms with Crippen LogP contribution in [0, 0.1) is 0 Å². The van der Waals surface area contributed by atoms with E-state index in [0.29, 0.717) is 12.1 Å². The minimum atomic E-state index is -0.808. The van der Waals surface area contributed by atoms with Crippen molar-refractivity contribution in [1.29, 1.82) is 0 Å². The first kappa shape index (κ1) is 10.4. The van der Waals surface area contributed by atoms with Gasteiger partial charge in [0, 0.05) is 13.1 Å². The van der Waals surface area contributed by atoms with Gasteiger partial charge in [-0.3, -0.25) is 4.79 Å². The lowest BCUT2D eigenvalue weighted by Crippen LogP contribution is -2.28. The summed E-state index contributed by atoms with van der Waals surface area (Å²) >= 11 is 0. The molecule has 76 valence electrons. The highest BCUT2D eigenvalue weighted by molar-refractivity contribution is 6.08. The highest BCUT2D eigenvalue weighted by Crippen LogP contribution is 2.14. The van der Waals surface area contributed by atoms with E-state index in [9.17, 15) is 4.79 Å². The van der Waals surface area contributed by atoms with Gasteiger partial charge in [0.25, 0.3) is 0 Å². The van der Waals surface area contributed by atoms with E-state index in [1.54, 1.807) is 12.3 Å². The Bertz CT molecular complexity index is 318. The van der Waals surface area contributed by atoms with Gasteiger partial charge in [0.2, 0.25) is 6.23 Å². The van der Waals surface area contributed by atoms with Crippen LogP contribution in [0.2, 0.25) is 0 Å². The fraction of sp³-hybridized carbons (Fsp3) is 0.444. The highest BCUT2D eigenvalue weighted by atomic mass is 16.6. The van der Waals surface area contributed by atoms with Crippen LogP contribution in [0.15, 0.2) is 21.8 Å². The topological polar surface area (TPSA) is 71.2 Å². The molecule has 0 bridgehead atoms. The number of carbonyl (C=O) groups is 1. The van der Waals surface area contributed by atoms with E-state index in [-0.39, 0.29) is 0 Å². The predicted octanol–water partition coefficient (Wildman–Crippen LogP) is 1.13. The van der Waals surface area contributed by atoms with Crippen LogP contribution in [0.3, 0.4) is 0 Å². The molecule has 0 amide bonds. The lowest BCUT2D eigenvalue weighted by atomic mass is 10.1. The number of esters is 1. The zero-order chi connectivity index (χ0) is 10.6. The number of rotatable bonds is 2. The van der Waals surface area contributed by atoms with E-state index in [1.807, 2.05) is 6.92 Å². The van der Waals surface area contributed by atoms with Crippen LogP contribution in [-0.2, 0) is 9.53 Å². The number of nitrogens with zero attached hydrogens (tertiary/aromatic N) is 2. The number of ether oxygens (including phenoxy) is 1. The second-order valence-corrected chi connectivity index (χ2v) is 2.79. The number of dihydropyridines is 1. The van der Waals surface area contributed by atoms with Crippen molar-refractivity contribution in [2.75, 3.05) is 0 Å². The maximum Gasteiger partial charge on any atom is 0.304 e. The SMILES string of the molecule is CCC1=CC=NC(OC(C)=O)C1=NO. The lowest BCUT2D eigenvalue weighted by Gasteiger charge is -2.17. The Hall–Kier alpha value is -1.65. The number of aliphatic imine (C=N–C) groups is 1. The van der Waals surface area contributed by atoms with E-state index in [4.69, 9.17) is 9.94 Å². The largest absolute Gasteiger partial charge is 0.434 e. The van der Waals surface area contributed by atoms with Crippen LogP contribution in [0.4, 0.5) is 0 Å². The van der Waals surface area contributed by atoms with Gasteiger partial charge in [-0.1, -0.05) is 12.1 Å². The van der Waals surface area contributed by atoms with Gasteiger partial charge >= 0.3 is 5.97 Å². The zero-order valence-electron chi connectivity index (χ0n) is 8.10. The molecule has 0 aromatic rings. The molecule has 0 spiro atoms. The molecule has 0 saturated carbocycles. The Morgan fingerprint density at radius 3 is 3.00 bits per heavy atom. The van der Waals surface area contributed by atoms with Crippen LogP contribution in [-0.4, -0.2) is 29.3 Å². The van der Waals surface area contributed by atoms with E-state index in [2.05, 4.69) is 10.1 Å². The Morgan fingerprint density at radius 2 is 2.50 bits per heavy atom. The van der Waals surface area contributed by atoms with Crippen LogP contribution < -0.4 is 0 Å². The normalized spacial score (nSPS) is 23.4. The lowest BCUT2D eigenvalue weighted by molar-refractivity contribution is -0.143. The van der Waals surface area contributed by atoms with Crippen molar-refractivity contribution in [2.24, 2.45) is 10.1 Å². The third-order valence-corrected chi connectivity index (χ3v) is 1.83. The van der Waals surface area contributed by atoms with Crippen molar-refractivity contribution in [3.05, 3.63) is 11.6 Å². The van der Waals surface area contributed by atoms with E-state index in [1.165, 1.54) is 6.92 Å². The monoisotopic (exact) mass is 196 g/mol. The number of oxime groups is 1. The fourth-order valence-electron chi connectivity index (χ4n) is 1.18. The van der Waals surface area contributed by atoms with Crippen LogP contribution in [0.25, 0.3) is 0 Å². The summed E-state index contributed by atoms with van der Waals surface area (Å²) in [6, 6.07) is 0. The molecule has 0 saturated heterocycles. The summed E-state index contributed by atoms with van der Waals surface area (Å²) in [6.45, 7) is 3.20. The van der Waals surface area contributed by atoms with Gasteiger partial charge in [-0.05, 0) is 18.1 Å². The summed E-state index contributed by atoms with van der Waals surface area (Å²) in [5.74, 6) is -0.453. The highest BCUT2D eigenvalue weighted by Gasteiger charge is 2.23. The van der Waals surface area contributed by atoms with Crippen molar-refractivity contribution in [3.8, 4) is 0 Å². The molecule has 1 N–H and O–H groups in total. The van der Waals surface area contributed by atoms with Crippen LogP contribution in [0.5, 0.6) is 0 Å². The summed E-state index contributed by atoms with van der Waals surface area (Å²) < 4.78 is 4.86. The molecule has 1 atom stereocenters. The third kappa shape index (κ3) is 2.18. The fourth-order valence-corrected chi connectivity index (χ4v) is 1.18. The first-order valence-electron chi connectivity index (χ1n) is 4.31. The number of hydrogen-bond acceptors (Lipinski definition) is 5. The van der Waals surface area contributed by atoms with Crippen molar-refractivity contribution < 1.29 is 14.7 Å². The molecular formula is C9H12N2O3. The predicted molar refractivity (Wildman–Crippen MR) is 51.6 cm³/mol. The smallest absolute Gasteiger partial charge is 0.304 e. The van der Waals surface area contributed by atoms with Gasteiger partial charge in [-0.2, -0.15) is 0 Å². The maximum absolute atomic E-state index is 10.7. The average molecular weight is 196 g/mol. The van der Waals surface area contributed by atoms with Crippen LogP contribution >= 0.6 is 0 Å². The first-order valence-corrected chi connectivity index (χ1v) is 4.31. The Balaban J connectivity index is 2.85. The number of carbonyl (C=O) groups excluding carboxylic acids is 1. The second-order valence-electron chi connectivity index (χ2n) is 2.79. The molecule has 5 heteroatoms. The van der Waals surface area contributed by atoms with Crippen LogP contribution in [0.1, 0.15) is 20.3 Å². The molecule has 1 rings (SSSR count). The molecule has 0 aromatic heterocycles. The quantitative estimate of drug-likeness (QED) is 0.408. The Kier molecular flexibility index (Phi) is 3.39. The van der Waals surface area contributed by atoms with E-state index < -0.39 is 12.2 Å². The zero-order valence-corrected chi connectivity index (χ0v) is 8.10. The van der Waals surface area contributed by atoms with Gasteiger partial charge < -0.3 is 9.94 Å². The van der Waals surface area contributed by atoms with Crippen molar-refractivity contribution in [2.45, 2.75) is 26.5 Å². The molecule has 0 aromatic carbocycles. The molecule has 0 aliphatic carbocycles.